The summed E-state index contributed by atoms with van der Waals surface area (Å²) in [5.74, 6) is -0.292. The van der Waals surface area contributed by atoms with Gasteiger partial charge in [-0.25, -0.2) is 9.97 Å². The molecule has 1 aliphatic heterocycles. The van der Waals surface area contributed by atoms with Crippen molar-refractivity contribution in [3.8, 4) is 0 Å². The Kier molecular flexibility index (Phi) is 5.19. The number of para-hydroxylation sites is 2. The third-order valence-corrected chi connectivity index (χ3v) is 3.92. The van der Waals surface area contributed by atoms with E-state index in [1.807, 2.05) is 11.0 Å². The number of amides is 2. The van der Waals surface area contributed by atoms with Crippen LogP contribution in [0.3, 0.4) is 0 Å². The molecule has 0 aliphatic carbocycles. The number of aromatic nitrogens is 2. The predicted molar refractivity (Wildman–Crippen MR) is 100 cm³/mol. The first kappa shape index (κ1) is 17.5. The minimum Gasteiger partial charge on any atom is -0.320 e. The Bertz CT molecular complexity index is 855. The molecule has 0 atom stereocenters. The zero-order valence-corrected chi connectivity index (χ0v) is 14.3. The summed E-state index contributed by atoms with van der Waals surface area (Å²) in [5.41, 5.74) is 1.36. The minimum absolute atomic E-state index is 0.129. The zero-order chi connectivity index (χ0) is 18.5. The first-order valence-corrected chi connectivity index (χ1v) is 8.13. The molecular formula is C19H19N5O2. The molecule has 0 bridgehead atoms. The van der Waals surface area contributed by atoms with Gasteiger partial charge in [-0.3, -0.25) is 19.4 Å². The summed E-state index contributed by atoms with van der Waals surface area (Å²) in [6.07, 6.45) is 6.20. The van der Waals surface area contributed by atoms with Crippen LogP contribution in [-0.4, -0.2) is 46.3 Å². The van der Waals surface area contributed by atoms with Crippen LogP contribution in [0, 0.1) is 0 Å². The molecule has 7 heteroatoms. The molecule has 7 nitrogen and oxygen atoms in total. The van der Waals surface area contributed by atoms with Crippen molar-refractivity contribution in [2.45, 2.75) is 0 Å². The number of rotatable bonds is 6. The quantitative estimate of drug-likeness (QED) is 0.810. The molecule has 1 aromatic heterocycles. The van der Waals surface area contributed by atoms with E-state index >= 15 is 0 Å². The van der Waals surface area contributed by atoms with Gasteiger partial charge in [-0.1, -0.05) is 24.3 Å². The van der Waals surface area contributed by atoms with Gasteiger partial charge in [0.05, 0.1) is 17.9 Å². The second-order valence-electron chi connectivity index (χ2n) is 5.73. The molecule has 2 amide bonds. The Morgan fingerprint density at radius 1 is 1.23 bits per heavy atom. The molecule has 2 heterocycles. The van der Waals surface area contributed by atoms with E-state index < -0.39 is 0 Å². The van der Waals surface area contributed by atoms with E-state index in [2.05, 4.69) is 28.4 Å². The van der Waals surface area contributed by atoms with Gasteiger partial charge in [0.2, 0.25) is 5.91 Å². The molecule has 0 radical (unpaired) electrons. The molecule has 2 aromatic rings. The summed E-state index contributed by atoms with van der Waals surface area (Å²) in [7, 11) is 0. The van der Waals surface area contributed by atoms with Crippen LogP contribution >= 0.6 is 0 Å². The number of hydrogen-bond donors (Lipinski definition) is 1. The lowest BCUT2D eigenvalue weighted by Gasteiger charge is -2.26. The molecule has 0 unspecified atom stereocenters. The fourth-order valence-electron chi connectivity index (χ4n) is 2.82. The average molecular weight is 349 g/mol. The summed E-state index contributed by atoms with van der Waals surface area (Å²) >= 11 is 0. The highest BCUT2D eigenvalue weighted by Crippen LogP contribution is 2.36. The van der Waals surface area contributed by atoms with Crippen molar-refractivity contribution in [1.82, 2.24) is 14.9 Å². The maximum absolute atomic E-state index is 13.2. The zero-order valence-electron chi connectivity index (χ0n) is 14.3. The van der Waals surface area contributed by atoms with Gasteiger partial charge in [0.25, 0.3) is 5.91 Å². The molecule has 26 heavy (non-hydrogen) atoms. The minimum atomic E-state index is -0.350. The monoisotopic (exact) mass is 349 g/mol. The highest BCUT2D eigenvalue weighted by Gasteiger charge is 2.31. The Morgan fingerprint density at radius 2 is 1.96 bits per heavy atom. The molecule has 0 spiro atoms. The van der Waals surface area contributed by atoms with E-state index in [1.54, 1.807) is 30.4 Å². The summed E-state index contributed by atoms with van der Waals surface area (Å²) in [6.45, 7) is 8.66. The van der Waals surface area contributed by atoms with Crippen molar-refractivity contribution < 1.29 is 9.59 Å². The van der Waals surface area contributed by atoms with Gasteiger partial charge in [-0.2, -0.15) is 0 Å². The Hall–Kier alpha value is -3.32. The highest BCUT2D eigenvalue weighted by molar-refractivity contribution is 6.17. The summed E-state index contributed by atoms with van der Waals surface area (Å²) in [4.78, 5) is 37.1. The van der Waals surface area contributed by atoms with E-state index in [-0.39, 0.29) is 29.7 Å². The summed E-state index contributed by atoms with van der Waals surface area (Å²) in [5, 5.41) is 2.81. The summed E-state index contributed by atoms with van der Waals surface area (Å²) in [6, 6.07) is 7.13. The SMILES string of the molecule is C=CCN(CC=C)CC(=O)N1c2ccccc2NC(=O)c2cncnc21. The Morgan fingerprint density at radius 3 is 2.69 bits per heavy atom. The van der Waals surface area contributed by atoms with Crippen LogP contribution in [0.2, 0.25) is 0 Å². The fourth-order valence-corrected chi connectivity index (χ4v) is 2.82. The molecular weight excluding hydrogens is 330 g/mol. The van der Waals surface area contributed by atoms with Crippen LogP contribution in [-0.2, 0) is 4.79 Å². The molecule has 1 N–H and O–H groups in total. The van der Waals surface area contributed by atoms with Gasteiger partial charge in [-0.15, -0.1) is 13.2 Å². The lowest BCUT2D eigenvalue weighted by Crippen LogP contribution is -2.39. The van der Waals surface area contributed by atoms with Crippen molar-refractivity contribution in [2.75, 3.05) is 29.9 Å². The number of anilines is 3. The Balaban J connectivity index is 2.05. The highest BCUT2D eigenvalue weighted by atomic mass is 16.2. The van der Waals surface area contributed by atoms with E-state index in [9.17, 15) is 9.59 Å². The smallest absolute Gasteiger partial charge is 0.261 e. The van der Waals surface area contributed by atoms with Crippen LogP contribution in [0.5, 0.6) is 0 Å². The summed E-state index contributed by atoms with van der Waals surface area (Å²) < 4.78 is 0. The van der Waals surface area contributed by atoms with Crippen LogP contribution < -0.4 is 10.2 Å². The van der Waals surface area contributed by atoms with Gasteiger partial charge in [0, 0.05) is 19.3 Å². The second-order valence-corrected chi connectivity index (χ2v) is 5.73. The molecule has 1 aliphatic rings. The molecule has 1 aromatic carbocycles. The topological polar surface area (TPSA) is 78.4 Å². The maximum atomic E-state index is 13.2. The number of carbonyl (C=O) groups excluding carboxylic acids is 2. The number of carbonyl (C=O) groups is 2. The largest absolute Gasteiger partial charge is 0.320 e. The van der Waals surface area contributed by atoms with Gasteiger partial charge in [-0.05, 0) is 12.1 Å². The fraction of sp³-hybridized carbons (Fsp3) is 0.158. The van der Waals surface area contributed by atoms with Crippen molar-refractivity contribution in [3.63, 3.8) is 0 Å². The lowest BCUT2D eigenvalue weighted by molar-refractivity contribution is -0.118. The van der Waals surface area contributed by atoms with Gasteiger partial charge >= 0.3 is 0 Å². The average Bonchev–Trinajstić information content (AvgIpc) is 2.76. The van der Waals surface area contributed by atoms with Crippen LogP contribution in [0.4, 0.5) is 17.2 Å². The van der Waals surface area contributed by atoms with Gasteiger partial charge in [0.15, 0.2) is 5.82 Å². The van der Waals surface area contributed by atoms with E-state index in [1.165, 1.54) is 17.4 Å². The van der Waals surface area contributed by atoms with E-state index in [4.69, 9.17) is 0 Å². The Labute approximate surface area is 151 Å². The first-order valence-electron chi connectivity index (χ1n) is 8.13. The number of benzene rings is 1. The van der Waals surface area contributed by atoms with Crippen LogP contribution in [0.25, 0.3) is 0 Å². The molecule has 0 saturated carbocycles. The molecule has 0 saturated heterocycles. The van der Waals surface area contributed by atoms with Crippen molar-refractivity contribution in [1.29, 1.82) is 0 Å². The normalized spacial score (nSPS) is 12.7. The van der Waals surface area contributed by atoms with Crippen molar-refractivity contribution >= 4 is 29.0 Å². The lowest BCUT2D eigenvalue weighted by atomic mass is 10.2. The van der Waals surface area contributed by atoms with E-state index in [0.29, 0.717) is 24.5 Å². The third-order valence-electron chi connectivity index (χ3n) is 3.92. The van der Waals surface area contributed by atoms with E-state index in [0.717, 1.165) is 0 Å². The maximum Gasteiger partial charge on any atom is 0.261 e. The number of nitrogens with one attached hydrogen (secondary N) is 1. The second kappa shape index (κ2) is 7.71. The molecule has 132 valence electrons. The number of hydrogen-bond acceptors (Lipinski definition) is 5. The molecule has 3 rings (SSSR count). The van der Waals surface area contributed by atoms with Crippen LogP contribution in [0.15, 0.2) is 62.1 Å². The standard InChI is InChI=1S/C19H19N5O2/c1-3-9-23(10-4-2)12-17(25)24-16-8-6-5-7-15(16)22-19(26)14-11-20-13-21-18(14)24/h3-8,11,13H,1-2,9-10,12H2,(H,22,26). The van der Waals surface area contributed by atoms with Crippen molar-refractivity contribution in [2.24, 2.45) is 0 Å². The third kappa shape index (κ3) is 3.38. The molecule has 0 fully saturated rings. The number of nitrogens with zero attached hydrogens (tertiary/aromatic N) is 4. The van der Waals surface area contributed by atoms with Crippen LogP contribution in [0.1, 0.15) is 10.4 Å². The van der Waals surface area contributed by atoms with Crippen molar-refractivity contribution in [3.05, 3.63) is 67.7 Å². The predicted octanol–water partition coefficient (Wildman–Crippen LogP) is 2.38. The van der Waals surface area contributed by atoms with Gasteiger partial charge < -0.3 is 5.32 Å². The first-order chi connectivity index (χ1) is 12.7. The van der Waals surface area contributed by atoms with Gasteiger partial charge in [0.1, 0.15) is 11.9 Å². The number of fused-ring (bicyclic) bond motifs is 2.